The van der Waals surface area contributed by atoms with E-state index in [9.17, 15) is 0 Å². The monoisotopic (exact) mass is 950 g/mol. The van der Waals surface area contributed by atoms with Crippen LogP contribution < -0.4 is 0 Å². The van der Waals surface area contributed by atoms with E-state index in [1.807, 2.05) is 41.7 Å². The van der Waals surface area contributed by atoms with Crippen LogP contribution in [0.2, 0.25) is 0 Å². The van der Waals surface area contributed by atoms with Crippen LogP contribution in [0.15, 0.2) is 217 Å². The van der Waals surface area contributed by atoms with Crippen LogP contribution in [-0.4, -0.2) is 19.5 Å². The first-order chi connectivity index (χ1) is 36.1. The van der Waals surface area contributed by atoms with Crippen molar-refractivity contribution in [1.29, 1.82) is 0 Å². The molecule has 0 spiro atoms. The first-order valence-electron chi connectivity index (χ1n) is 25.1. The van der Waals surface area contributed by atoms with Crippen molar-refractivity contribution in [3.8, 4) is 51.0 Å². The minimum atomic E-state index is 0.543. The number of benzene rings is 10. The Morgan fingerprint density at radius 2 is 1.11 bits per heavy atom. The highest BCUT2D eigenvalue weighted by Gasteiger charge is 2.44. The Hall–Kier alpha value is -8.97. The Bertz CT molecular complexity index is 4690. The molecular weight excluding hydrogens is 909 g/mol. The lowest BCUT2D eigenvalue weighted by Gasteiger charge is -2.16. The second-order valence-corrected chi connectivity index (χ2v) is 21.0. The average molecular weight is 951 g/mol. The minimum Gasteiger partial charge on any atom is -0.456 e. The zero-order valence-electron chi connectivity index (χ0n) is 39.7. The number of allylic oxidation sites excluding steroid dienone is 1. The van der Waals surface area contributed by atoms with Crippen molar-refractivity contribution < 1.29 is 4.42 Å². The van der Waals surface area contributed by atoms with Gasteiger partial charge in [0.05, 0.1) is 11.0 Å². The highest BCUT2D eigenvalue weighted by Crippen LogP contribution is 2.60. The van der Waals surface area contributed by atoms with Gasteiger partial charge in [-0.2, -0.15) is 9.97 Å². The molecule has 0 N–H and O–H groups in total. The van der Waals surface area contributed by atoms with Gasteiger partial charge in [-0.15, -0.1) is 11.3 Å². The van der Waals surface area contributed by atoms with Gasteiger partial charge in [-0.25, -0.2) is 4.98 Å². The second kappa shape index (κ2) is 15.5. The summed E-state index contributed by atoms with van der Waals surface area (Å²) in [5, 5.41) is 10.5. The number of para-hydroxylation sites is 2. The van der Waals surface area contributed by atoms with Crippen LogP contribution in [-0.2, 0) is 0 Å². The van der Waals surface area contributed by atoms with Crippen molar-refractivity contribution in [3.63, 3.8) is 0 Å². The number of furan rings is 1. The van der Waals surface area contributed by atoms with Gasteiger partial charge < -0.3 is 4.42 Å². The molecule has 73 heavy (non-hydrogen) atoms. The maximum atomic E-state index is 6.44. The third-order valence-corrected chi connectivity index (χ3v) is 16.8. The fraction of sp³-hybridized carbons (Fsp3) is 0.0597. The van der Waals surface area contributed by atoms with Gasteiger partial charge in [0.25, 0.3) is 0 Å². The van der Waals surface area contributed by atoms with Gasteiger partial charge in [0.1, 0.15) is 11.2 Å². The molecule has 4 heterocycles. The number of fused-ring (bicyclic) bond motifs is 16. The van der Waals surface area contributed by atoms with Gasteiger partial charge in [0.15, 0.2) is 11.6 Å². The van der Waals surface area contributed by atoms with E-state index in [0.717, 1.165) is 71.6 Å². The minimum absolute atomic E-state index is 0.543. The van der Waals surface area contributed by atoms with E-state index in [0.29, 0.717) is 29.4 Å². The predicted octanol–water partition coefficient (Wildman–Crippen LogP) is 17.9. The molecule has 2 atom stereocenters. The van der Waals surface area contributed by atoms with E-state index in [2.05, 4.69) is 193 Å². The molecule has 342 valence electrons. The van der Waals surface area contributed by atoms with Crippen molar-refractivity contribution in [3.05, 3.63) is 234 Å². The van der Waals surface area contributed by atoms with Crippen LogP contribution in [0.3, 0.4) is 0 Å². The van der Waals surface area contributed by atoms with Crippen LogP contribution in [0.4, 0.5) is 0 Å². The summed E-state index contributed by atoms with van der Waals surface area (Å²) in [4.78, 5) is 17.8. The Morgan fingerprint density at radius 3 is 1.97 bits per heavy atom. The Kier molecular flexibility index (Phi) is 8.66. The molecule has 0 bridgehead atoms. The summed E-state index contributed by atoms with van der Waals surface area (Å²) in [5.74, 6) is 2.98. The molecule has 1 saturated carbocycles. The molecular formula is C67H42N4OS. The molecule has 5 nitrogen and oxygen atoms in total. The van der Waals surface area contributed by atoms with E-state index in [1.54, 1.807) is 4.88 Å². The highest BCUT2D eigenvalue weighted by atomic mass is 32.1. The van der Waals surface area contributed by atoms with Crippen molar-refractivity contribution in [1.82, 2.24) is 19.5 Å². The van der Waals surface area contributed by atoms with Gasteiger partial charge in [0, 0.05) is 70.1 Å². The number of rotatable bonds is 6. The number of aromatic nitrogens is 4. The van der Waals surface area contributed by atoms with E-state index >= 15 is 0 Å². The quantitative estimate of drug-likeness (QED) is 0.156. The Labute approximate surface area is 424 Å². The number of thiophene rings is 1. The van der Waals surface area contributed by atoms with Gasteiger partial charge in [0.2, 0.25) is 5.95 Å². The molecule has 6 heteroatoms. The van der Waals surface area contributed by atoms with Crippen LogP contribution in [0.1, 0.15) is 33.9 Å². The van der Waals surface area contributed by atoms with Crippen LogP contribution in [0, 0.1) is 12.8 Å². The molecule has 10 aromatic carbocycles. The number of hydrogen-bond acceptors (Lipinski definition) is 5. The standard InChI is InChI=1S/C67H42N4OS/c1-38-28-30-48-47-20-5-6-22-51(47)60-53-25-13-24-46(42-18-11-16-40(33-42)41-17-12-19-43(34-41)54-35-45-36-55(45)64-61(54)52-23-8-10-27-59(52)73-64)62(53)71(63(60)56(48)32-38)67-69-65(39-14-3-2-4-15-39)68-66(70-67)44-29-31-50-49-21-7-9-26-57(49)72-58(50)37-44/h2-35,37,45,55H,36H2,1H3. The maximum absolute atomic E-state index is 6.44. The van der Waals surface area contributed by atoms with Crippen LogP contribution >= 0.6 is 11.3 Å². The number of aryl methyl sites for hydroxylation is 1. The van der Waals surface area contributed by atoms with E-state index in [4.69, 9.17) is 19.4 Å². The summed E-state index contributed by atoms with van der Waals surface area (Å²) in [7, 11) is 0. The summed E-state index contributed by atoms with van der Waals surface area (Å²) in [6.07, 6.45) is 3.80. The van der Waals surface area contributed by atoms with E-state index in [-0.39, 0.29) is 0 Å². The Morgan fingerprint density at radius 1 is 0.466 bits per heavy atom. The molecule has 0 amide bonds. The molecule has 16 rings (SSSR count). The average Bonchev–Trinajstić information content (AvgIpc) is 3.83. The molecule has 14 aromatic rings. The third-order valence-electron chi connectivity index (χ3n) is 15.5. The van der Waals surface area contributed by atoms with Crippen molar-refractivity contribution in [2.24, 2.45) is 5.92 Å². The van der Waals surface area contributed by atoms with Crippen molar-refractivity contribution in [2.75, 3.05) is 0 Å². The topological polar surface area (TPSA) is 56.7 Å². The zero-order chi connectivity index (χ0) is 47.9. The molecule has 2 aliphatic carbocycles. The molecule has 0 saturated heterocycles. The van der Waals surface area contributed by atoms with E-state index in [1.165, 1.54) is 65.9 Å². The first-order valence-corrected chi connectivity index (χ1v) is 26.0. The largest absolute Gasteiger partial charge is 0.456 e. The molecule has 0 aliphatic heterocycles. The predicted molar refractivity (Wildman–Crippen MR) is 303 cm³/mol. The second-order valence-electron chi connectivity index (χ2n) is 19.9. The fourth-order valence-electron chi connectivity index (χ4n) is 12.1. The summed E-state index contributed by atoms with van der Waals surface area (Å²) >= 11 is 1.99. The summed E-state index contributed by atoms with van der Waals surface area (Å²) in [5.41, 5.74) is 15.3. The van der Waals surface area contributed by atoms with Gasteiger partial charge >= 0.3 is 0 Å². The number of hydrogen-bond donors (Lipinski definition) is 0. The molecule has 2 unspecified atom stereocenters. The number of nitrogens with zero attached hydrogens (tertiary/aromatic N) is 4. The lowest BCUT2D eigenvalue weighted by Crippen LogP contribution is -2.07. The summed E-state index contributed by atoms with van der Waals surface area (Å²) in [6, 6.07) is 74.4. The fourth-order valence-corrected chi connectivity index (χ4v) is 13.5. The zero-order valence-corrected chi connectivity index (χ0v) is 40.5. The van der Waals surface area contributed by atoms with Crippen LogP contribution in [0.5, 0.6) is 0 Å². The summed E-state index contributed by atoms with van der Waals surface area (Å²) in [6.45, 7) is 2.18. The van der Waals surface area contributed by atoms with Gasteiger partial charge in [-0.1, -0.05) is 175 Å². The maximum Gasteiger partial charge on any atom is 0.238 e. The Balaban J connectivity index is 0.945. The normalized spacial score (nSPS) is 15.2. The van der Waals surface area contributed by atoms with E-state index < -0.39 is 0 Å². The van der Waals surface area contributed by atoms with Crippen molar-refractivity contribution >= 4 is 92.3 Å². The lowest BCUT2D eigenvalue weighted by atomic mass is 9.88. The smallest absolute Gasteiger partial charge is 0.238 e. The molecule has 4 aromatic heterocycles. The molecule has 0 radical (unpaired) electrons. The van der Waals surface area contributed by atoms with Gasteiger partial charge in [-0.05, 0) is 106 Å². The summed E-state index contributed by atoms with van der Waals surface area (Å²) < 4.78 is 10.2. The highest BCUT2D eigenvalue weighted by molar-refractivity contribution is 7.19. The van der Waals surface area contributed by atoms with Crippen molar-refractivity contribution in [2.45, 2.75) is 19.3 Å². The first kappa shape index (κ1) is 40.7. The lowest BCUT2D eigenvalue weighted by molar-refractivity contribution is 0.669. The SMILES string of the molecule is Cc1ccc2c3ccccc3c3c4cccc(-c5cccc(-c6cccc(C7=CC8CC8c8sc9ccccc9c87)c6)c5)c4n(-c4nc(-c5ccccc5)nc(-c5ccc6c(c5)oc5ccccc56)n4)c3c2c1. The van der Waals surface area contributed by atoms with Crippen LogP contribution in [0.25, 0.3) is 132 Å². The molecule has 1 fully saturated rings. The van der Waals surface area contributed by atoms with Gasteiger partial charge in [-0.3, -0.25) is 4.57 Å². The molecule has 2 aliphatic rings. The third kappa shape index (κ3) is 6.24.